The second-order valence-electron chi connectivity index (χ2n) is 6.62. The molecule has 0 fully saturated rings. The Hall–Kier alpha value is -2.83. The van der Waals surface area contributed by atoms with Crippen molar-refractivity contribution in [3.05, 3.63) is 82.9 Å². The van der Waals surface area contributed by atoms with Gasteiger partial charge in [0.1, 0.15) is 23.0 Å². The highest BCUT2D eigenvalue weighted by atomic mass is 35.5. The zero-order chi connectivity index (χ0) is 21.7. The third-order valence-corrected chi connectivity index (χ3v) is 4.78. The number of halogens is 2. The van der Waals surface area contributed by atoms with Crippen LogP contribution < -0.4 is 4.74 Å². The van der Waals surface area contributed by atoms with E-state index in [1.807, 2.05) is 38.1 Å². The monoisotopic (exact) mass is 430 g/mol. The van der Waals surface area contributed by atoms with Gasteiger partial charge in [-0.2, -0.15) is 5.10 Å². The van der Waals surface area contributed by atoms with Crippen LogP contribution in [0.4, 0.5) is 4.39 Å². The maximum Gasteiger partial charge on any atom is 0.152 e. The van der Waals surface area contributed by atoms with Crippen molar-refractivity contribution < 1.29 is 18.6 Å². The Bertz CT molecular complexity index is 1020. The molecule has 0 radical (unpaired) electrons. The quantitative estimate of drug-likeness (QED) is 0.393. The standard InChI is InChI=1S/C23H24ClFN2O3/c1-5-29-16(3)22-13-23(24)26-27(22)21-11-8-18(25)12-20(21)15(2)30-14-17-6-9-19(28-4)10-7-17/h6-13,15H,3,5,14H2,1-2,4H3/t15-/m1/s1. The number of rotatable bonds is 9. The average Bonchev–Trinajstić information content (AvgIpc) is 3.14. The fourth-order valence-electron chi connectivity index (χ4n) is 3.06. The summed E-state index contributed by atoms with van der Waals surface area (Å²) in [6, 6.07) is 13.7. The zero-order valence-electron chi connectivity index (χ0n) is 17.2. The molecule has 7 heteroatoms. The van der Waals surface area contributed by atoms with Gasteiger partial charge in [-0.3, -0.25) is 0 Å². The number of hydrogen-bond acceptors (Lipinski definition) is 4. The van der Waals surface area contributed by atoms with E-state index < -0.39 is 6.10 Å². The summed E-state index contributed by atoms with van der Waals surface area (Å²) in [5, 5.41) is 4.63. The maximum absolute atomic E-state index is 14.1. The number of hydrogen-bond donors (Lipinski definition) is 0. The van der Waals surface area contributed by atoms with E-state index in [0.29, 0.717) is 35.9 Å². The summed E-state index contributed by atoms with van der Waals surface area (Å²) < 4.78 is 32.4. The summed E-state index contributed by atoms with van der Waals surface area (Å²) in [6.45, 7) is 8.49. The van der Waals surface area contributed by atoms with Crippen molar-refractivity contribution in [2.75, 3.05) is 13.7 Å². The number of benzene rings is 2. The highest BCUT2D eigenvalue weighted by Gasteiger charge is 2.19. The molecule has 158 valence electrons. The van der Waals surface area contributed by atoms with Crippen molar-refractivity contribution in [1.82, 2.24) is 9.78 Å². The van der Waals surface area contributed by atoms with E-state index in [-0.39, 0.29) is 11.0 Å². The van der Waals surface area contributed by atoms with E-state index in [1.54, 1.807) is 23.9 Å². The first-order valence-electron chi connectivity index (χ1n) is 9.55. The Morgan fingerprint density at radius 2 is 1.93 bits per heavy atom. The molecule has 0 unspecified atom stereocenters. The SMILES string of the molecule is C=C(OCC)c1cc(Cl)nn1-c1ccc(F)cc1[C@@H](C)OCc1ccc(OC)cc1. The van der Waals surface area contributed by atoms with Crippen molar-refractivity contribution in [1.29, 1.82) is 0 Å². The summed E-state index contributed by atoms with van der Waals surface area (Å²) in [5.74, 6) is 0.841. The van der Waals surface area contributed by atoms with Gasteiger partial charge in [-0.05, 0) is 49.7 Å². The first kappa shape index (κ1) is 21.9. The molecule has 0 saturated heterocycles. The molecule has 0 spiro atoms. The van der Waals surface area contributed by atoms with E-state index in [2.05, 4.69) is 11.7 Å². The van der Waals surface area contributed by atoms with Gasteiger partial charge < -0.3 is 14.2 Å². The van der Waals surface area contributed by atoms with Crippen LogP contribution in [0.1, 0.15) is 36.8 Å². The first-order valence-corrected chi connectivity index (χ1v) is 9.92. The van der Waals surface area contributed by atoms with Gasteiger partial charge in [0.05, 0.1) is 32.1 Å². The summed E-state index contributed by atoms with van der Waals surface area (Å²) in [4.78, 5) is 0. The average molecular weight is 431 g/mol. The lowest BCUT2D eigenvalue weighted by Crippen LogP contribution is -2.10. The van der Waals surface area contributed by atoms with Crippen LogP contribution in [0.25, 0.3) is 11.4 Å². The van der Waals surface area contributed by atoms with Crippen molar-refractivity contribution in [2.45, 2.75) is 26.6 Å². The van der Waals surface area contributed by atoms with Crippen LogP contribution in [0.15, 0.2) is 55.1 Å². The van der Waals surface area contributed by atoms with Gasteiger partial charge in [0, 0.05) is 11.6 Å². The summed E-state index contributed by atoms with van der Waals surface area (Å²) in [7, 11) is 1.62. The van der Waals surface area contributed by atoms with Crippen molar-refractivity contribution >= 4 is 17.4 Å². The lowest BCUT2D eigenvalue weighted by Gasteiger charge is -2.19. The smallest absolute Gasteiger partial charge is 0.152 e. The van der Waals surface area contributed by atoms with Gasteiger partial charge in [-0.25, -0.2) is 9.07 Å². The molecule has 0 aliphatic rings. The molecular weight excluding hydrogens is 407 g/mol. The van der Waals surface area contributed by atoms with Gasteiger partial charge in [0.15, 0.2) is 5.15 Å². The van der Waals surface area contributed by atoms with Gasteiger partial charge in [0.2, 0.25) is 0 Å². The largest absolute Gasteiger partial charge is 0.497 e. The zero-order valence-corrected chi connectivity index (χ0v) is 17.9. The van der Waals surface area contributed by atoms with Crippen LogP contribution in [0.5, 0.6) is 5.75 Å². The molecular formula is C23H24ClFN2O3. The van der Waals surface area contributed by atoms with Crippen LogP contribution in [-0.4, -0.2) is 23.5 Å². The minimum absolute atomic E-state index is 0.285. The van der Waals surface area contributed by atoms with E-state index in [0.717, 1.165) is 11.3 Å². The summed E-state index contributed by atoms with van der Waals surface area (Å²) in [5.41, 5.74) is 2.85. The number of nitrogens with zero attached hydrogens (tertiary/aromatic N) is 2. The summed E-state index contributed by atoms with van der Waals surface area (Å²) >= 11 is 6.14. The van der Waals surface area contributed by atoms with Gasteiger partial charge in [0.25, 0.3) is 0 Å². The molecule has 0 saturated carbocycles. The topological polar surface area (TPSA) is 45.5 Å². The molecule has 5 nitrogen and oxygen atoms in total. The van der Waals surface area contributed by atoms with E-state index in [4.69, 9.17) is 25.8 Å². The second kappa shape index (κ2) is 9.78. The van der Waals surface area contributed by atoms with Crippen LogP contribution >= 0.6 is 11.6 Å². The molecule has 3 aromatic rings. The number of methoxy groups -OCH3 is 1. The first-order chi connectivity index (χ1) is 14.4. The second-order valence-corrected chi connectivity index (χ2v) is 7.01. The third-order valence-electron chi connectivity index (χ3n) is 4.60. The fraction of sp³-hybridized carbons (Fsp3) is 0.261. The predicted molar refractivity (Wildman–Crippen MR) is 115 cm³/mol. The van der Waals surface area contributed by atoms with Crippen molar-refractivity contribution in [3.63, 3.8) is 0 Å². The van der Waals surface area contributed by atoms with E-state index in [1.165, 1.54) is 12.1 Å². The normalized spacial score (nSPS) is 11.9. The molecule has 1 aromatic heterocycles. The molecule has 0 aliphatic carbocycles. The molecule has 0 amide bonds. The minimum Gasteiger partial charge on any atom is -0.497 e. The Balaban J connectivity index is 1.89. The van der Waals surface area contributed by atoms with E-state index >= 15 is 0 Å². The highest BCUT2D eigenvalue weighted by molar-refractivity contribution is 6.29. The van der Waals surface area contributed by atoms with E-state index in [9.17, 15) is 4.39 Å². The Morgan fingerprint density at radius 1 is 1.20 bits per heavy atom. The van der Waals surface area contributed by atoms with Crippen LogP contribution in [-0.2, 0) is 16.1 Å². The number of aromatic nitrogens is 2. The van der Waals surface area contributed by atoms with Gasteiger partial charge in [-0.15, -0.1) is 0 Å². The third kappa shape index (κ3) is 5.01. The van der Waals surface area contributed by atoms with Crippen LogP contribution in [0, 0.1) is 5.82 Å². The Kier molecular flexibility index (Phi) is 7.13. The Morgan fingerprint density at radius 3 is 2.60 bits per heavy atom. The van der Waals surface area contributed by atoms with Crippen LogP contribution in [0.2, 0.25) is 5.15 Å². The van der Waals surface area contributed by atoms with Crippen LogP contribution in [0.3, 0.4) is 0 Å². The van der Waals surface area contributed by atoms with Crippen molar-refractivity contribution in [3.8, 4) is 11.4 Å². The molecule has 3 rings (SSSR count). The Labute approximate surface area is 180 Å². The molecule has 2 aromatic carbocycles. The predicted octanol–water partition coefficient (Wildman–Crippen LogP) is 5.96. The van der Waals surface area contributed by atoms with Gasteiger partial charge in [-0.1, -0.05) is 30.3 Å². The molecule has 0 N–H and O–H groups in total. The lowest BCUT2D eigenvalue weighted by atomic mass is 10.1. The molecule has 1 atom stereocenters. The molecule has 0 aliphatic heterocycles. The van der Waals surface area contributed by atoms with Crippen molar-refractivity contribution in [2.24, 2.45) is 0 Å². The number of ether oxygens (including phenoxy) is 3. The summed E-state index contributed by atoms with van der Waals surface area (Å²) in [6.07, 6.45) is -0.408. The fourth-order valence-corrected chi connectivity index (χ4v) is 3.24. The molecule has 30 heavy (non-hydrogen) atoms. The molecule has 0 bridgehead atoms. The van der Waals surface area contributed by atoms with Gasteiger partial charge >= 0.3 is 0 Å². The molecule has 1 heterocycles. The highest BCUT2D eigenvalue weighted by Crippen LogP contribution is 2.30. The lowest BCUT2D eigenvalue weighted by molar-refractivity contribution is 0.0522. The maximum atomic E-state index is 14.1. The minimum atomic E-state index is -0.408.